The number of aromatic amines is 1. The SMILES string of the molecule is CCN(CC)Cc1c(C)[nH]c2ccc(Cl)cc2c1=O. The molecule has 1 heterocycles. The number of rotatable bonds is 4. The second-order valence-electron chi connectivity index (χ2n) is 4.71. The van der Waals surface area contributed by atoms with Gasteiger partial charge in [0.1, 0.15) is 0 Å². The van der Waals surface area contributed by atoms with E-state index < -0.39 is 0 Å². The van der Waals surface area contributed by atoms with Crippen molar-refractivity contribution in [1.82, 2.24) is 9.88 Å². The summed E-state index contributed by atoms with van der Waals surface area (Å²) < 4.78 is 0. The predicted octanol–water partition coefficient (Wildman–Crippen LogP) is 3.33. The van der Waals surface area contributed by atoms with Crippen molar-refractivity contribution < 1.29 is 0 Å². The fourth-order valence-electron chi connectivity index (χ4n) is 2.28. The number of benzene rings is 1. The zero-order valence-electron chi connectivity index (χ0n) is 11.6. The highest BCUT2D eigenvalue weighted by Gasteiger charge is 2.12. The van der Waals surface area contributed by atoms with Gasteiger partial charge in [0.15, 0.2) is 5.43 Å². The number of nitrogens with one attached hydrogen (secondary N) is 1. The van der Waals surface area contributed by atoms with Crippen LogP contribution in [-0.4, -0.2) is 23.0 Å². The molecule has 102 valence electrons. The maximum absolute atomic E-state index is 12.6. The van der Waals surface area contributed by atoms with Gasteiger partial charge in [0.2, 0.25) is 0 Å². The molecular weight excluding hydrogens is 260 g/mol. The molecule has 1 N–H and O–H groups in total. The van der Waals surface area contributed by atoms with E-state index in [1.54, 1.807) is 12.1 Å². The Morgan fingerprint density at radius 1 is 1.26 bits per heavy atom. The van der Waals surface area contributed by atoms with Crippen molar-refractivity contribution in [2.45, 2.75) is 27.3 Å². The Labute approximate surface area is 118 Å². The number of hydrogen-bond donors (Lipinski definition) is 1. The molecule has 0 saturated carbocycles. The summed E-state index contributed by atoms with van der Waals surface area (Å²) in [6, 6.07) is 5.39. The number of H-pyrrole nitrogens is 1. The van der Waals surface area contributed by atoms with Gasteiger partial charge in [-0.3, -0.25) is 9.69 Å². The van der Waals surface area contributed by atoms with Gasteiger partial charge in [0.05, 0.1) is 0 Å². The highest BCUT2D eigenvalue weighted by Crippen LogP contribution is 2.17. The molecule has 0 spiro atoms. The van der Waals surface area contributed by atoms with Crippen LogP contribution in [0.25, 0.3) is 10.9 Å². The zero-order valence-corrected chi connectivity index (χ0v) is 12.3. The van der Waals surface area contributed by atoms with Crippen molar-refractivity contribution in [3.05, 3.63) is 44.7 Å². The molecule has 0 unspecified atom stereocenters. The molecule has 2 rings (SSSR count). The van der Waals surface area contributed by atoms with Gasteiger partial charge in [0.25, 0.3) is 0 Å². The molecule has 0 radical (unpaired) electrons. The molecule has 4 heteroatoms. The fourth-order valence-corrected chi connectivity index (χ4v) is 2.46. The minimum atomic E-state index is 0.0839. The number of halogens is 1. The van der Waals surface area contributed by atoms with Crippen LogP contribution >= 0.6 is 11.6 Å². The normalized spacial score (nSPS) is 11.4. The van der Waals surface area contributed by atoms with Crippen molar-refractivity contribution in [3.63, 3.8) is 0 Å². The molecule has 0 aliphatic rings. The highest BCUT2D eigenvalue weighted by atomic mass is 35.5. The Morgan fingerprint density at radius 3 is 2.58 bits per heavy atom. The summed E-state index contributed by atoms with van der Waals surface area (Å²) in [6.45, 7) is 8.70. The first kappa shape index (κ1) is 14.1. The number of pyridine rings is 1. The van der Waals surface area contributed by atoms with Crippen LogP contribution in [-0.2, 0) is 6.54 Å². The van der Waals surface area contributed by atoms with Gasteiger partial charge in [-0.1, -0.05) is 25.4 Å². The molecule has 0 fully saturated rings. The Kier molecular flexibility index (Phi) is 4.27. The predicted molar refractivity (Wildman–Crippen MR) is 80.9 cm³/mol. The third-order valence-corrected chi connectivity index (χ3v) is 3.79. The Morgan fingerprint density at radius 2 is 1.95 bits per heavy atom. The number of fused-ring (bicyclic) bond motifs is 1. The first-order chi connectivity index (χ1) is 9.06. The van der Waals surface area contributed by atoms with E-state index in [0.717, 1.165) is 29.9 Å². The van der Waals surface area contributed by atoms with E-state index in [4.69, 9.17) is 11.6 Å². The van der Waals surface area contributed by atoms with Crippen molar-refractivity contribution >= 4 is 22.5 Å². The van der Waals surface area contributed by atoms with Crippen LogP contribution in [0.5, 0.6) is 0 Å². The standard InChI is InChI=1S/C15H19ClN2O/c1-4-18(5-2)9-13-10(3)17-14-7-6-11(16)8-12(14)15(13)19/h6-8H,4-5,9H2,1-3H3,(H,17,19). The lowest BCUT2D eigenvalue weighted by atomic mass is 10.1. The largest absolute Gasteiger partial charge is 0.358 e. The summed E-state index contributed by atoms with van der Waals surface area (Å²) in [6.07, 6.45) is 0. The molecule has 0 aliphatic carbocycles. The number of aromatic nitrogens is 1. The summed E-state index contributed by atoms with van der Waals surface area (Å²) in [4.78, 5) is 18.1. The minimum Gasteiger partial charge on any atom is -0.358 e. The summed E-state index contributed by atoms with van der Waals surface area (Å²) >= 11 is 5.98. The van der Waals surface area contributed by atoms with Gasteiger partial charge in [0, 0.05) is 33.7 Å². The fraction of sp³-hybridized carbons (Fsp3) is 0.400. The van der Waals surface area contributed by atoms with E-state index >= 15 is 0 Å². The highest BCUT2D eigenvalue weighted by molar-refractivity contribution is 6.31. The molecule has 0 atom stereocenters. The summed E-state index contributed by atoms with van der Waals surface area (Å²) in [5.41, 5.74) is 2.70. The molecule has 0 saturated heterocycles. The average molecular weight is 279 g/mol. The zero-order chi connectivity index (χ0) is 14.0. The monoisotopic (exact) mass is 278 g/mol. The van der Waals surface area contributed by atoms with Crippen LogP contribution in [0.15, 0.2) is 23.0 Å². The molecule has 1 aromatic carbocycles. The third-order valence-electron chi connectivity index (χ3n) is 3.55. The minimum absolute atomic E-state index is 0.0839. The lowest BCUT2D eigenvalue weighted by molar-refractivity contribution is 0.294. The third kappa shape index (κ3) is 2.82. The van der Waals surface area contributed by atoms with E-state index in [-0.39, 0.29) is 5.43 Å². The van der Waals surface area contributed by atoms with Gasteiger partial charge >= 0.3 is 0 Å². The molecule has 19 heavy (non-hydrogen) atoms. The van der Waals surface area contributed by atoms with Crippen molar-refractivity contribution in [3.8, 4) is 0 Å². The topological polar surface area (TPSA) is 36.1 Å². The number of hydrogen-bond acceptors (Lipinski definition) is 2. The van der Waals surface area contributed by atoms with Gasteiger partial charge in [-0.15, -0.1) is 0 Å². The summed E-state index contributed by atoms with van der Waals surface area (Å²) in [5, 5.41) is 1.26. The Hall–Kier alpha value is -1.32. The molecule has 0 bridgehead atoms. The maximum atomic E-state index is 12.6. The first-order valence-corrected chi connectivity index (χ1v) is 6.98. The van der Waals surface area contributed by atoms with Crippen molar-refractivity contribution in [1.29, 1.82) is 0 Å². The molecule has 0 amide bonds. The van der Waals surface area contributed by atoms with E-state index in [1.165, 1.54) is 0 Å². The first-order valence-electron chi connectivity index (χ1n) is 6.60. The van der Waals surface area contributed by atoms with Gasteiger partial charge < -0.3 is 4.98 Å². The molecule has 1 aromatic heterocycles. The van der Waals surface area contributed by atoms with Crippen LogP contribution in [0.3, 0.4) is 0 Å². The molecular formula is C15H19ClN2O. The van der Waals surface area contributed by atoms with Crippen LogP contribution in [0.2, 0.25) is 5.02 Å². The lowest BCUT2D eigenvalue weighted by Gasteiger charge is -2.19. The molecule has 0 aliphatic heterocycles. The van der Waals surface area contributed by atoms with Crippen LogP contribution in [0.4, 0.5) is 0 Å². The number of aryl methyl sites for hydroxylation is 1. The van der Waals surface area contributed by atoms with Gasteiger partial charge in [-0.05, 0) is 38.2 Å². The quantitative estimate of drug-likeness (QED) is 0.931. The smallest absolute Gasteiger partial charge is 0.194 e. The van der Waals surface area contributed by atoms with E-state index in [2.05, 4.69) is 23.7 Å². The molecule has 2 aromatic rings. The van der Waals surface area contributed by atoms with Crippen molar-refractivity contribution in [2.24, 2.45) is 0 Å². The van der Waals surface area contributed by atoms with Crippen LogP contribution in [0, 0.1) is 6.92 Å². The van der Waals surface area contributed by atoms with E-state index in [0.29, 0.717) is 17.0 Å². The molecule has 3 nitrogen and oxygen atoms in total. The number of nitrogens with zero attached hydrogens (tertiary/aromatic N) is 1. The summed E-state index contributed by atoms with van der Waals surface area (Å²) in [5.74, 6) is 0. The second kappa shape index (κ2) is 5.76. The lowest BCUT2D eigenvalue weighted by Crippen LogP contribution is -2.27. The van der Waals surface area contributed by atoms with Crippen molar-refractivity contribution in [2.75, 3.05) is 13.1 Å². The Balaban J connectivity index is 2.58. The summed E-state index contributed by atoms with van der Waals surface area (Å²) in [7, 11) is 0. The maximum Gasteiger partial charge on any atom is 0.194 e. The second-order valence-corrected chi connectivity index (χ2v) is 5.15. The average Bonchev–Trinajstić information content (AvgIpc) is 2.40. The van der Waals surface area contributed by atoms with Crippen LogP contribution < -0.4 is 5.43 Å². The Bertz CT molecular complexity index is 644. The van der Waals surface area contributed by atoms with Gasteiger partial charge in [-0.2, -0.15) is 0 Å². The van der Waals surface area contributed by atoms with E-state index in [9.17, 15) is 4.79 Å². The van der Waals surface area contributed by atoms with E-state index in [1.807, 2.05) is 13.0 Å². The van der Waals surface area contributed by atoms with Gasteiger partial charge in [-0.25, -0.2) is 0 Å². The van der Waals surface area contributed by atoms with Crippen LogP contribution in [0.1, 0.15) is 25.1 Å².